The molecule has 1 aromatic heterocycles. The Morgan fingerprint density at radius 2 is 1.73 bits per heavy atom. The Bertz CT molecular complexity index is 1340. The Labute approximate surface area is 227 Å². The van der Waals surface area contributed by atoms with Gasteiger partial charge >= 0.3 is 12.4 Å². The van der Waals surface area contributed by atoms with Gasteiger partial charge < -0.3 is 9.64 Å². The van der Waals surface area contributed by atoms with E-state index in [1.165, 1.54) is 37.3 Å². The highest BCUT2D eigenvalue weighted by molar-refractivity contribution is 5.44. The molecule has 0 aliphatic heterocycles. The van der Waals surface area contributed by atoms with Crippen molar-refractivity contribution in [1.82, 2.24) is 20.2 Å². The van der Waals surface area contributed by atoms with Crippen LogP contribution >= 0.6 is 0 Å². The van der Waals surface area contributed by atoms with Crippen LogP contribution in [0.3, 0.4) is 0 Å². The third-order valence-electron chi connectivity index (χ3n) is 7.15. The Morgan fingerprint density at radius 1 is 1.02 bits per heavy atom. The highest BCUT2D eigenvalue weighted by atomic mass is 19.4. The van der Waals surface area contributed by atoms with Gasteiger partial charge in [-0.25, -0.2) is 0 Å². The summed E-state index contributed by atoms with van der Waals surface area (Å²) in [6, 6.07) is 8.61. The molecule has 7 nitrogen and oxygen atoms in total. The molecule has 1 aliphatic rings. The first-order valence-corrected chi connectivity index (χ1v) is 12.7. The number of anilines is 1. The normalized spacial score (nSPS) is 16.4. The number of benzene rings is 2. The molecule has 0 radical (unpaired) electrons. The molecule has 1 saturated carbocycles. The lowest BCUT2D eigenvalue weighted by molar-refractivity contribution is -0.138. The van der Waals surface area contributed by atoms with Crippen molar-refractivity contribution in [2.45, 2.75) is 63.1 Å². The number of halogens is 6. The molecular weight excluding hydrogens is 538 g/mol. The predicted octanol–water partition coefficient (Wildman–Crippen LogP) is 6.46. The molecule has 1 heterocycles. The largest absolute Gasteiger partial charge is 0.416 e. The predicted molar refractivity (Wildman–Crippen MR) is 133 cm³/mol. The van der Waals surface area contributed by atoms with E-state index in [0.717, 1.165) is 61.2 Å². The molecule has 1 aliphatic carbocycles. The summed E-state index contributed by atoms with van der Waals surface area (Å²) in [7, 11) is 2.97. The van der Waals surface area contributed by atoms with Gasteiger partial charge in [0.15, 0.2) is 0 Å². The van der Waals surface area contributed by atoms with Gasteiger partial charge in [-0.1, -0.05) is 36.5 Å². The van der Waals surface area contributed by atoms with Gasteiger partial charge in [-0.2, -0.15) is 36.4 Å². The standard InChI is InChI=1S/C27H28F6N6O/c1-38-36-25(35-37-38)39(16-18-11-17(15-34)12-22(13-18)27(31,32)33)23(24(40-2)19-7-4-3-5-8-19)20-9-6-10-21(14-20)26(28,29)30/h6,9-14,19,23-24H,3-5,7-8,16H2,1-2H3. The molecule has 0 spiro atoms. The number of nitriles is 1. The second-order valence-electron chi connectivity index (χ2n) is 9.90. The Kier molecular flexibility index (Phi) is 8.68. The van der Waals surface area contributed by atoms with Gasteiger partial charge in [-0.3, -0.25) is 0 Å². The van der Waals surface area contributed by atoms with Crippen LogP contribution < -0.4 is 4.90 Å². The molecule has 40 heavy (non-hydrogen) atoms. The smallest absolute Gasteiger partial charge is 0.379 e. The first-order chi connectivity index (χ1) is 18.9. The first-order valence-electron chi connectivity index (χ1n) is 12.7. The molecule has 2 unspecified atom stereocenters. The fourth-order valence-electron chi connectivity index (χ4n) is 5.38. The van der Waals surface area contributed by atoms with E-state index >= 15 is 0 Å². The average Bonchev–Trinajstić information content (AvgIpc) is 3.36. The number of nitrogens with zero attached hydrogens (tertiary/aromatic N) is 6. The van der Waals surface area contributed by atoms with E-state index < -0.39 is 35.6 Å². The molecule has 13 heteroatoms. The fraction of sp³-hybridized carbons (Fsp3) is 0.481. The van der Waals surface area contributed by atoms with Crippen molar-refractivity contribution in [3.8, 4) is 6.07 Å². The molecule has 214 valence electrons. The SMILES string of the molecule is COC(C1CCCCC1)C(c1cccc(C(F)(F)F)c1)N(Cc1cc(C#N)cc(C(F)(F)F)c1)c1nnn(C)n1. The van der Waals surface area contributed by atoms with Crippen molar-refractivity contribution in [2.75, 3.05) is 12.0 Å². The van der Waals surface area contributed by atoms with Crippen LogP contribution in [0.2, 0.25) is 0 Å². The maximum absolute atomic E-state index is 13.8. The number of tetrazole rings is 1. The molecule has 2 aromatic carbocycles. The summed E-state index contributed by atoms with van der Waals surface area (Å²) >= 11 is 0. The summed E-state index contributed by atoms with van der Waals surface area (Å²) in [5, 5.41) is 21.6. The highest BCUT2D eigenvalue weighted by Crippen LogP contribution is 2.41. The third-order valence-corrected chi connectivity index (χ3v) is 7.15. The zero-order valence-electron chi connectivity index (χ0n) is 21.9. The fourth-order valence-corrected chi connectivity index (χ4v) is 5.38. The van der Waals surface area contributed by atoms with Crippen LogP contribution in [0.25, 0.3) is 0 Å². The van der Waals surface area contributed by atoms with Crippen LogP contribution in [-0.2, 0) is 30.7 Å². The molecule has 1 fully saturated rings. The monoisotopic (exact) mass is 566 g/mol. The summed E-state index contributed by atoms with van der Waals surface area (Å²) in [6.45, 7) is -0.252. The van der Waals surface area contributed by atoms with Crippen molar-refractivity contribution >= 4 is 5.95 Å². The molecule has 2 atom stereocenters. The molecule has 3 aromatic rings. The van der Waals surface area contributed by atoms with Gasteiger partial charge in [0.05, 0.1) is 42.0 Å². The Hall–Kier alpha value is -3.66. The van der Waals surface area contributed by atoms with Gasteiger partial charge in [0.1, 0.15) is 0 Å². The summed E-state index contributed by atoms with van der Waals surface area (Å²) in [5.41, 5.74) is -1.74. The Balaban J connectivity index is 1.90. The topological polar surface area (TPSA) is 79.9 Å². The van der Waals surface area contributed by atoms with Crippen LogP contribution in [0.5, 0.6) is 0 Å². The molecule has 0 saturated heterocycles. The number of ether oxygens (including phenoxy) is 1. The minimum atomic E-state index is -4.71. The summed E-state index contributed by atoms with van der Waals surface area (Å²) in [6.07, 6.45) is -5.56. The lowest BCUT2D eigenvalue weighted by Gasteiger charge is -2.41. The van der Waals surface area contributed by atoms with Crippen molar-refractivity contribution in [2.24, 2.45) is 13.0 Å². The number of aryl methyl sites for hydroxylation is 1. The number of methoxy groups -OCH3 is 1. The molecular formula is C27H28F6N6O. The second-order valence-corrected chi connectivity index (χ2v) is 9.90. The summed E-state index contributed by atoms with van der Waals surface area (Å²) in [4.78, 5) is 2.67. The number of rotatable bonds is 8. The number of hydrogen-bond donors (Lipinski definition) is 0. The van der Waals surface area contributed by atoms with Gasteiger partial charge in [0.25, 0.3) is 5.95 Å². The first kappa shape index (κ1) is 29.3. The van der Waals surface area contributed by atoms with Crippen LogP contribution in [0.1, 0.15) is 66.0 Å². The molecule has 4 rings (SSSR count). The van der Waals surface area contributed by atoms with Crippen molar-refractivity contribution < 1.29 is 31.1 Å². The minimum Gasteiger partial charge on any atom is -0.379 e. The second kappa shape index (κ2) is 11.8. The van der Waals surface area contributed by atoms with Crippen LogP contribution in [-0.4, -0.2) is 33.4 Å². The zero-order chi connectivity index (χ0) is 29.1. The lowest BCUT2D eigenvalue weighted by atomic mass is 9.80. The van der Waals surface area contributed by atoms with E-state index in [1.54, 1.807) is 6.07 Å². The lowest BCUT2D eigenvalue weighted by Crippen LogP contribution is -2.42. The number of hydrogen-bond acceptors (Lipinski definition) is 6. The third kappa shape index (κ3) is 6.72. The van der Waals surface area contributed by atoms with Gasteiger partial charge in [-0.15, -0.1) is 5.10 Å². The summed E-state index contributed by atoms with van der Waals surface area (Å²) in [5.74, 6) is -0.0349. The van der Waals surface area contributed by atoms with Crippen molar-refractivity contribution in [3.63, 3.8) is 0 Å². The van der Waals surface area contributed by atoms with Crippen molar-refractivity contribution in [3.05, 3.63) is 70.3 Å². The quantitative estimate of drug-likeness (QED) is 0.291. The van der Waals surface area contributed by atoms with Crippen LogP contribution in [0.15, 0.2) is 42.5 Å². The van der Waals surface area contributed by atoms with E-state index in [9.17, 15) is 31.6 Å². The van der Waals surface area contributed by atoms with E-state index in [2.05, 4.69) is 15.4 Å². The van der Waals surface area contributed by atoms with E-state index in [0.29, 0.717) is 0 Å². The van der Waals surface area contributed by atoms with Gasteiger partial charge in [0.2, 0.25) is 0 Å². The summed E-state index contributed by atoms with van der Waals surface area (Å²) < 4.78 is 88.2. The van der Waals surface area contributed by atoms with Crippen molar-refractivity contribution in [1.29, 1.82) is 5.26 Å². The average molecular weight is 567 g/mol. The van der Waals surface area contributed by atoms with Gasteiger partial charge in [0, 0.05) is 13.7 Å². The Morgan fingerprint density at radius 3 is 2.30 bits per heavy atom. The highest BCUT2D eigenvalue weighted by Gasteiger charge is 2.39. The maximum Gasteiger partial charge on any atom is 0.416 e. The van der Waals surface area contributed by atoms with E-state index in [-0.39, 0.29) is 35.1 Å². The molecule has 0 amide bonds. The van der Waals surface area contributed by atoms with Gasteiger partial charge in [-0.05, 0) is 65.4 Å². The van der Waals surface area contributed by atoms with E-state index in [1.807, 2.05) is 0 Å². The zero-order valence-corrected chi connectivity index (χ0v) is 21.9. The van der Waals surface area contributed by atoms with E-state index in [4.69, 9.17) is 4.74 Å². The van der Waals surface area contributed by atoms with Crippen LogP contribution in [0, 0.1) is 17.2 Å². The minimum absolute atomic E-state index is 0.00121. The molecule has 0 N–H and O–H groups in total. The van der Waals surface area contributed by atoms with Crippen LogP contribution in [0.4, 0.5) is 32.3 Å². The maximum atomic E-state index is 13.8. The molecule has 0 bridgehead atoms. The number of aromatic nitrogens is 4. The number of alkyl halides is 6.